The van der Waals surface area contributed by atoms with Crippen LogP contribution in [-0.2, 0) is 6.54 Å². The molecule has 28 heavy (non-hydrogen) atoms. The van der Waals surface area contributed by atoms with Crippen LogP contribution in [0.4, 0.5) is 0 Å². The molecule has 1 N–H and O–H groups in total. The van der Waals surface area contributed by atoms with E-state index in [1.165, 1.54) is 0 Å². The van der Waals surface area contributed by atoms with Crippen LogP contribution in [0.1, 0.15) is 46.4 Å². The fraction of sp³-hybridized carbons (Fsp3) is 0.318. The highest BCUT2D eigenvalue weighted by atomic mass is 16.2. The van der Waals surface area contributed by atoms with Crippen LogP contribution in [0.5, 0.6) is 0 Å². The van der Waals surface area contributed by atoms with Crippen LogP contribution in [0, 0.1) is 5.92 Å². The number of benzene rings is 1. The monoisotopic (exact) mass is 376 g/mol. The molecular formula is C22H24N4O2. The van der Waals surface area contributed by atoms with Gasteiger partial charge in [-0.15, -0.1) is 0 Å². The van der Waals surface area contributed by atoms with Crippen molar-refractivity contribution in [2.45, 2.75) is 26.3 Å². The Kier molecular flexibility index (Phi) is 5.10. The second kappa shape index (κ2) is 7.84. The predicted molar refractivity (Wildman–Crippen MR) is 107 cm³/mol. The number of rotatable bonds is 4. The van der Waals surface area contributed by atoms with Crippen LogP contribution >= 0.6 is 0 Å². The number of likely N-dealkylation sites (tertiary alicyclic amines) is 1. The maximum absolute atomic E-state index is 13.1. The maximum Gasteiger partial charge on any atom is 0.287 e. The normalized spacial score (nSPS) is 15.0. The summed E-state index contributed by atoms with van der Waals surface area (Å²) in [5.74, 6) is 0.483. The summed E-state index contributed by atoms with van der Waals surface area (Å²) in [5, 5.41) is 2.90. The van der Waals surface area contributed by atoms with Crippen LogP contribution in [0.15, 0.2) is 54.7 Å². The Labute approximate surface area is 164 Å². The molecule has 0 aliphatic carbocycles. The molecule has 6 nitrogen and oxygen atoms in total. The van der Waals surface area contributed by atoms with Crippen molar-refractivity contribution in [1.82, 2.24) is 19.6 Å². The van der Waals surface area contributed by atoms with Gasteiger partial charge in [0.05, 0.1) is 5.52 Å². The van der Waals surface area contributed by atoms with Crippen molar-refractivity contribution in [2.24, 2.45) is 5.92 Å². The molecule has 4 rings (SSSR count). The topological polar surface area (TPSA) is 66.7 Å². The molecule has 0 unspecified atom stereocenters. The number of fused-ring (bicyclic) bond motifs is 1. The van der Waals surface area contributed by atoms with Crippen molar-refractivity contribution in [3.05, 3.63) is 71.8 Å². The van der Waals surface area contributed by atoms with Gasteiger partial charge in [-0.2, -0.15) is 0 Å². The molecule has 3 heterocycles. The number of imidazole rings is 1. The number of piperidine rings is 1. The lowest BCUT2D eigenvalue weighted by atomic mass is 9.99. The lowest BCUT2D eigenvalue weighted by molar-refractivity contribution is 0.0694. The van der Waals surface area contributed by atoms with Gasteiger partial charge in [0.15, 0.2) is 5.69 Å². The number of nitrogens with one attached hydrogen (secondary N) is 1. The molecule has 1 aromatic carbocycles. The molecule has 144 valence electrons. The summed E-state index contributed by atoms with van der Waals surface area (Å²) in [5.41, 5.74) is 2.02. The van der Waals surface area contributed by atoms with Crippen LogP contribution in [0.3, 0.4) is 0 Å². The first kappa shape index (κ1) is 18.2. The number of carbonyl (C=O) groups excluding carboxylic acids is 2. The Morgan fingerprint density at radius 3 is 2.54 bits per heavy atom. The van der Waals surface area contributed by atoms with Crippen LogP contribution in [-0.4, -0.2) is 39.2 Å². The molecule has 1 saturated heterocycles. The van der Waals surface area contributed by atoms with Gasteiger partial charge in [0.2, 0.25) is 5.82 Å². The summed E-state index contributed by atoms with van der Waals surface area (Å²) in [6.07, 6.45) is 3.78. The van der Waals surface area contributed by atoms with Crippen molar-refractivity contribution >= 4 is 17.3 Å². The fourth-order valence-corrected chi connectivity index (χ4v) is 3.57. The minimum Gasteiger partial charge on any atom is -0.345 e. The largest absolute Gasteiger partial charge is 0.345 e. The molecule has 3 aromatic rings. The molecule has 0 spiro atoms. The van der Waals surface area contributed by atoms with Crippen molar-refractivity contribution in [2.75, 3.05) is 13.1 Å². The average molecular weight is 376 g/mol. The van der Waals surface area contributed by atoms with Crippen LogP contribution < -0.4 is 5.32 Å². The number of pyridine rings is 1. The highest BCUT2D eigenvalue weighted by Gasteiger charge is 2.27. The summed E-state index contributed by atoms with van der Waals surface area (Å²) in [6, 6.07) is 15.2. The Morgan fingerprint density at radius 2 is 1.79 bits per heavy atom. The minimum absolute atomic E-state index is 0.0993. The second-order valence-electron chi connectivity index (χ2n) is 7.38. The van der Waals surface area contributed by atoms with Crippen LogP contribution in [0.25, 0.3) is 5.52 Å². The van der Waals surface area contributed by atoms with Gasteiger partial charge in [-0.05, 0) is 36.5 Å². The van der Waals surface area contributed by atoms with Gasteiger partial charge in [0.25, 0.3) is 11.8 Å². The molecule has 2 aromatic heterocycles. The standard InChI is InChI=1S/C22H24N4O2/c1-16-10-13-25(14-11-16)22(28)19-18-9-5-6-12-26(18)20(24-19)21(27)23-15-17-7-3-2-4-8-17/h2-9,12,16H,10-11,13-15H2,1H3,(H,23,27). The van der Waals surface area contributed by atoms with E-state index in [-0.39, 0.29) is 17.6 Å². The van der Waals surface area contributed by atoms with Crippen LogP contribution in [0.2, 0.25) is 0 Å². The van der Waals surface area contributed by atoms with Crippen molar-refractivity contribution in [1.29, 1.82) is 0 Å². The maximum atomic E-state index is 13.1. The lowest BCUT2D eigenvalue weighted by Crippen LogP contribution is -2.38. The summed E-state index contributed by atoms with van der Waals surface area (Å²) in [6.45, 7) is 4.10. The molecule has 0 saturated carbocycles. The van der Waals surface area contributed by atoms with Gasteiger partial charge in [-0.25, -0.2) is 4.98 Å². The minimum atomic E-state index is -0.295. The number of aromatic nitrogens is 2. The first-order valence-corrected chi connectivity index (χ1v) is 9.72. The molecule has 0 atom stereocenters. The number of nitrogens with zero attached hydrogens (tertiary/aromatic N) is 3. The molecule has 1 aliphatic rings. The highest BCUT2D eigenvalue weighted by molar-refractivity contribution is 6.02. The predicted octanol–water partition coefficient (Wildman–Crippen LogP) is 3.14. The van der Waals surface area contributed by atoms with E-state index < -0.39 is 0 Å². The Bertz CT molecular complexity index is 988. The van der Waals surface area contributed by atoms with E-state index in [9.17, 15) is 9.59 Å². The zero-order valence-corrected chi connectivity index (χ0v) is 16.0. The third kappa shape index (κ3) is 3.63. The molecule has 1 aliphatic heterocycles. The Balaban J connectivity index is 1.59. The van der Waals surface area contributed by atoms with Gasteiger partial charge in [-0.1, -0.05) is 43.3 Å². The molecule has 0 radical (unpaired) electrons. The number of amides is 2. The Hall–Kier alpha value is -3.15. The van der Waals surface area contributed by atoms with Gasteiger partial charge in [-0.3, -0.25) is 14.0 Å². The van der Waals surface area contributed by atoms with Crippen molar-refractivity contribution < 1.29 is 9.59 Å². The molecule has 0 bridgehead atoms. The molecule has 6 heteroatoms. The first-order valence-electron chi connectivity index (χ1n) is 9.72. The van der Waals surface area contributed by atoms with E-state index >= 15 is 0 Å². The van der Waals surface area contributed by atoms with E-state index in [0.717, 1.165) is 31.5 Å². The Morgan fingerprint density at radius 1 is 1.07 bits per heavy atom. The van der Waals surface area contributed by atoms with E-state index in [2.05, 4.69) is 17.2 Å². The quantitative estimate of drug-likeness (QED) is 0.761. The summed E-state index contributed by atoms with van der Waals surface area (Å²) in [7, 11) is 0. The molecule has 2 amide bonds. The number of carbonyl (C=O) groups is 2. The third-order valence-electron chi connectivity index (χ3n) is 5.32. The van der Waals surface area contributed by atoms with Gasteiger partial charge >= 0.3 is 0 Å². The molecular weight excluding hydrogens is 352 g/mol. The van der Waals surface area contributed by atoms with Gasteiger partial charge in [0.1, 0.15) is 0 Å². The second-order valence-corrected chi connectivity index (χ2v) is 7.38. The lowest BCUT2D eigenvalue weighted by Gasteiger charge is -2.29. The zero-order valence-electron chi connectivity index (χ0n) is 16.0. The van der Waals surface area contributed by atoms with E-state index in [1.54, 1.807) is 10.6 Å². The SMILES string of the molecule is CC1CCN(C(=O)c2nc(C(=O)NCc3ccccc3)n3ccccc23)CC1. The van der Waals surface area contributed by atoms with E-state index in [0.29, 0.717) is 23.7 Å². The number of hydrogen-bond acceptors (Lipinski definition) is 3. The zero-order chi connectivity index (χ0) is 19.5. The van der Waals surface area contributed by atoms with Crippen molar-refractivity contribution in [3.8, 4) is 0 Å². The van der Waals surface area contributed by atoms with Crippen molar-refractivity contribution in [3.63, 3.8) is 0 Å². The highest BCUT2D eigenvalue weighted by Crippen LogP contribution is 2.21. The van der Waals surface area contributed by atoms with E-state index in [1.807, 2.05) is 53.4 Å². The summed E-state index contributed by atoms with van der Waals surface area (Å²) >= 11 is 0. The van der Waals surface area contributed by atoms with Gasteiger partial charge < -0.3 is 10.2 Å². The average Bonchev–Trinajstić information content (AvgIpc) is 3.13. The first-order chi connectivity index (χ1) is 13.6. The van der Waals surface area contributed by atoms with E-state index in [4.69, 9.17) is 0 Å². The summed E-state index contributed by atoms with van der Waals surface area (Å²) < 4.78 is 1.69. The summed E-state index contributed by atoms with van der Waals surface area (Å²) in [4.78, 5) is 32.1. The third-order valence-corrected chi connectivity index (χ3v) is 5.32. The smallest absolute Gasteiger partial charge is 0.287 e. The van der Waals surface area contributed by atoms with Gasteiger partial charge in [0, 0.05) is 25.8 Å². The number of hydrogen-bond donors (Lipinski definition) is 1. The molecule has 1 fully saturated rings. The fourth-order valence-electron chi connectivity index (χ4n) is 3.57.